The van der Waals surface area contributed by atoms with Gasteiger partial charge in [-0.1, -0.05) is 30.3 Å². The molecule has 1 aliphatic heterocycles. The van der Waals surface area contributed by atoms with Crippen LogP contribution in [-0.4, -0.2) is 106 Å². The number of fused-ring (bicyclic) bond motifs is 2. The van der Waals surface area contributed by atoms with E-state index in [9.17, 15) is 28.8 Å². The molecule has 0 aliphatic carbocycles. The van der Waals surface area contributed by atoms with Gasteiger partial charge in [-0.2, -0.15) is 5.10 Å². The van der Waals surface area contributed by atoms with Crippen molar-refractivity contribution in [1.82, 2.24) is 19.7 Å². The van der Waals surface area contributed by atoms with Gasteiger partial charge in [0.05, 0.1) is 23.3 Å². The summed E-state index contributed by atoms with van der Waals surface area (Å²) in [5, 5.41) is 4.76. The molecule has 18 nitrogen and oxygen atoms in total. The first-order valence-electron chi connectivity index (χ1n) is 16.7. The Balaban J connectivity index is 1.59. The van der Waals surface area contributed by atoms with E-state index in [0.29, 0.717) is 22.4 Å². The zero-order chi connectivity index (χ0) is 39.1. The van der Waals surface area contributed by atoms with Crippen LogP contribution in [-0.2, 0) is 66.7 Å². The molecule has 2 aromatic carbocycles. The lowest BCUT2D eigenvalue weighted by atomic mass is 9.98. The Morgan fingerprint density at radius 1 is 0.685 bits per heavy atom. The van der Waals surface area contributed by atoms with Gasteiger partial charge < -0.3 is 37.9 Å². The Labute approximate surface area is 307 Å². The first kappa shape index (κ1) is 39.2. The fourth-order valence-corrected chi connectivity index (χ4v) is 5.85. The van der Waals surface area contributed by atoms with Crippen LogP contribution in [0.15, 0.2) is 54.6 Å². The molecule has 0 N–H and O–H groups in total. The van der Waals surface area contributed by atoms with Crippen molar-refractivity contribution < 1.29 is 66.7 Å². The summed E-state index contributed by atoms with van der Waals surface area (Å²) in [6.07, 6.45) is -10.4. The summed E-state index contributed by atoms with van der Waals surface area (Å²) in [5.74, 6) is -4.80. The highest BCUT2D eigenvalue weighted by atomic mass is 16.7. The summed E-state index contributed by atoms with van der Waals surface area (Å²) < 4.78 is 46.6. The van der Waals surface area contributed by atoms with E-state index in [2.05, 4.69) is 0 Å². The molecule has 54 heavy (non-hydrogen) atoms. The van der Waals surface area contributed by atoms with E-state index in [1.165, 1.54) is 4.68 Å². The Hall–Kier alpha value is -6.01. The quantitative estimate of drug-likeness (QED) is 0.142. The molecule has 1 aliphatic rings. The molecule has 1 fully saturated rings. The van der Waals surface area contributed by atoms with Crippen molar-refractivity contribution in [2.45, 2.75) is 84.5 Å². The van der Waals surface area contributed by atoms with Crippen LogP contribution in [0.2, 0.25) is 0 Å². The zero-order valence-electron chi connectivity index (χ0n) is 30.2. The first-order valence-corrected chi connectivity index (χ1v) is 16.7. The Kier molecular flexibility index (Phi) is 12.5. The number of ether oxygens (including phenoxy) is 8. The normalized spacial score (nSPS) is 20.7. The molecule has 18 heteroatoms. The van der Waals surface area contributed by atoms with Crippen LogP contribution in [0.1, 0.15) is 53.3 Å². The highest BCUT2D eigenvalue weighted by Gasteiger charge is 2.53. The van der Waals surface area contributed by atoms with Gasteiger partial charge in [0.15, 0.2) is 42.5 Å². The molecule has 0 spiro atoms. The van der Waals surface area contributed by atoms with Gasteiger partial charge in [-0.3, -0.25) is 28.8 Å². The van der Waals surface area contributed by atoms with Crippen molar-refractivity contribution >= 4 is 58.0 Å². The second-order valence-electron chi connectivity index (χ2n) is 12.1. The van der Waals surface area contributed by atoms with E-state index in [4.69, 9.17) is 53.0 Å². The third-order valence-corrected chi connectivity index (χ3v) is 7.79. The lowest BCUT2D eigenvalue weighted by Crippen LogP contribution is -2.63. The maximum atomic E-state index is 12.7. The van der Waals surface area contributed by atoms with Gasteiger partial charge in [0.2, 0.25) is 0 Å². The molecule has 0 radical (unpaired) electrons. The molecule has 0 amide bonds. The third-order valence-electron chi connectivity index (χ3n) is 7.79. The Bertz CT molecular complexity index is 2040. The SMILES string of the molecule is CC(=O)OC[C@H]1O[C@@H](OC[C@H](OC(C)=O)[C@H](OC(C)=O)c2nn(-c3ccccc3)c3nc4ccccc4nc23)[C@H](OC(C)=O)[C@@H](OC(C)=O)[C@@H]1OC(C)=O. The van der Waals surface area contributed by atoms with Gasteiger partial charge in [0.1, 0.15) is 23.9 Å². The molecule has 7 atom stereocenters. The summed E-state index contributed by atoms with van der Waals surface area (Å²) >= 11 is 0. The molecule has 4 aromatic rings. The van der Waals surface area contributed by atoms with Crippen molar-refractivity contribution in [1.29, 1.82) is 0 Å². The number of rotatable bonds is 13. The monoisotopic (exact) mass is 750 g/mol. The van der Waals surface area contributed by atoms with E-state index in [-0.39, 0.29) is 11.2 Å². The van der Waals surface area contributed by atoms with Crippen molar-refractivity contribution in [2.24, 2.45) is 0 Å². The van der Waals surface area contributed by atoms with E-state index >= 15 is 0 Å². The Morgan fingerprint density at radius 2 is 1.26 bits per heavy atom. The summed E-state index contributed by atoms with van der Waals surface area (Å²) in [6, 6.07) is 16.1. The van der Waals surface area contributed by atoms with Crippen molar-refractivity contribution in [3.05, 3.63) is 60.3 Å². The summed E-state index contributed by atoms with van der Waals surface area (Å²) in [7, 11) is 0. The largest absolute Gasteiger partial charge is 0.463 e. The molecular formula is C36H38N4O14. The second kappa shape index (κ2) is 17.2. The summed E-state index contributed by atoms with van der Waals surface area (Å²) in [4.78, 5) is 83.4. The minimum absolute atomic E-state index is 0.0544. The number of carbonyl (C=O) groups is 6. The molecular weight excluding hydrogens is 712 g/mol. The number of esters is 6. The third kappa shape index (κ3) is 9.50. The number of hydrogen-bond acceptors (Lipinski definition) is 17. The van der Waals surface area contributed by atoms with E-state index in [0.717, 1.165) is 41.5 Å². The highest BCUT2D eigenvalue weighted by Crippen LogP contribution is 2.34. The molecule has 3 heterocycles. The van der Waals surface area contributed by atoms with Crippen LogP contribution in [0.5, 0.6) is 0 Å². The van der Waals surface area contributed by atoms with Crippen molar-refractivity contribution in [3.63, 3.8) is 0 Å². The highest BCUT2D eigenvalue weighted by molar-refractivity contribution is 5.87. The predicted octanol–water partition coefficient (Wildman–Crippen LogP) is 2.60. The number of aromatic nitrogens is 4. The lowest BCUT2D eigenvalue weighted by Gasteiger charge is -2.44. The summed E-state index contributed by atoms with van der Waals surface area (Å²) in [6.45, 7) is 5.53. The minimum atomic E-state index is -1.64. The topological polar surface area (TPSA) is 220 Å². The zero-order valence-corrected chi connectivity index (χ0v) is 30.2. The van der Waals surface area contributed by atoms with Crippen LogP contribution in [0, 0.1) is 0 Å². The molecule has 5 rings (SSSR count). The molecule has 0 bridgehead atoms. The first-order chi connectivity index (χ1) is 25.7. The van der Waals surface area contributed by atoms with Crippen LogP contribution in [0.3, 0.4) is 0 Å². The molecule has 286 valence electrons. The maximum absolute atomic E-state index is 12.7. The fraction of sp³-hybridized carbons (Fsp3) is 0.417. The molecule has 0 unspecified atom stereocenters. The fourth-order valence-electron chi connectivity index (χ4n) is 5.85. The van der Waals surface area contributed by atoms with Crippen molar-refractivity contribution in [3.8, 4) is 5.69 Å². The minimum Gasteiger partial charge on any atom is -0.463 e. The molecule has 0 saturated carbocycles. The van der Waals surface area contributed by atoms with Gasteiger partial charge in [-0.15, -0.1) is 0 Å². The molecule has 1 saturated heterocycles. The number of hydrogen-bond donors (Lipinski definition) is 0. The number of nitrogens with zero attached hydrogens (tertiary/aromatic N) is 4. The van der Waals surface area contributed by atoms with Gasteiger partial charge in [0, 0.05) is 41.5 Å². The van der Waals surface area contributed by atoms with E-state index < -0.39 is 91.9 Å². The number of para-hydroxylation sites is 3. The lowest BCUT2D eigenvalue weighted by molar-refractivity contribution is -0.312. The van der Waals surface area contributed by atoms with Gasteiger partial charge >= 0.3 is 35.8 Å². The number of carbonyl (C=O) groups excluding carboxylic acids is 6. The average Bonchev–Trinajstić information content (AvgIpc) is 3.46. The number of benzene rings is 2. The second-order valence-corrected chi connectivity index (χ2v) is 12.1. The van der Waals surface area contributed by atoms with E-state index in [1.807, 2.05) is 6.07 Å². The average molecular weight is 751 g/mol. The van der Waals surface area contributed by atoms with E-state index in [1.54, 1.807) is 48.5 Å². The van der Waals surface area contributed by atoms with Gasteiger partial charge in [-0.25, -0.2) is 14.6 Å². The summed E-state index contributed by atoms with van der Waals surface area (Å²) in [5.41, 5.74) is 2.22. The smallest absolute Gasteiger partial charge is 0.303 e. The molecule has 2 aromatic heterocycles. The van der Waals surface area contributed by atoms with Crippen LogP contribution in [0.25, 0.3) is 27.9 Å². The maximum Gasteiger partial charge on any atom is 0.303 e. The van der Waals surface area contributed by atoms with Crippen molar-refractivity contribution in [2.75, 3.05) is 13.2 Å². The van der Waals surface area contributed by atoms with Crippen LogP contribution in [0.4, 0.5) is 0 Å². The van der Waals surface area contributed by atoms with Crippen LogP contribution >= 0.6 is 0 Å². The standard InChI is InChI=1S/C36H38N4O14/c1-18(41)47-16-28-32(51-21(4)44)33(52-22(5)45)34(53-23(6)46)36(54-28)48-17-27(49-19(2)42)31(50-20(3)43)29-30-35(38-26-15-11-10-14-25(26)37-30)40(39-29)24-12-8-7-9-13-24/h7-15,27-28,31-34,36H,16-17H2,1-6H3/t27-,28+,31-,32+,33-,34+,36+/m0/s1. The van der Waals surface area contributed by atoms with Gasteiger partial charge in [0.25, 0.3) is 0 Å². The predicted molar refractivity (Wildman–Crippen MR) is 182 cm³/mol. The van der Waals surface area contributed by atoms with Gasteiger partial charge in [-0.05, 0) is 24.3 Å². The van der Waals surface area contributed by atoms with Crippen LogP contribution < -0.4 is 0 Å². The Morgan fingerprint density at radius 3 is 1.85 bits per heavy atom.